The number of ether oxygens (including phenoxy) is 1. The summed E-state index contributed by atoms with van der Waals surface area (Å²) >= 11 is 0. The Morgan fingerprint density at radius 1 is 1.15 bits per heavy atom. The summed E-state index contributed by atoms with van der Waals surface area (Å²) in [4.78, 5) is 6.20. The molecule has 0 atom stereocenters. The van der Waals surface area contributed by atoms with E-state index in [2.05, 4.69) is 10.3 Å². The lowest BCUT2D eigenvalue weighted by Gasteiger charge is -2.11. The summed E-state index contributed by atoms with van der Waals surface area (Å²) in [6.07, 6.45) is 0.827. The van der Waals surface area contributed by atoms with Crippen LogP contribution in [0.1, 0.15) is 16.7 Å². The first kappa shape index (κ1) is 23.2. The number of hydrogen-bond donors (Lipinski definition) is 2. The maximum Gasteiger partial charge on any atom is 0.188 e. The Hall–Kier alpha value is -1.87. The van der Waals surface area contributed by atoms with E-state index in [1.807, 2.05) is 49.3 Å². The monoisotopic (exact) mass is 486 g/mol. The number of guanidine groups is 1. The third kappa shape index (κ3) is 8.13. The highest BCUT2D eigenvalue weighted by Gasteiger charge is 2.05. The van der Waals surface area contributed by atoms with Gasteiger partial charge in [-0.15, -0.1) is 24.0 Å². The van der Waals surface area contributed by atoms with Crippen LogP contribution in [0.2, 0.25) is 0 Å². The van der Waals surface area contributed by atoms with Gasteiger partial charge < -0.3 is 20.7 Å². The van der Waals surface area contributed by atoms with Crippen LogP contribution in [0, 0.1) is 5.82 Å². The fourth-order valence-corrected chi connectivity index (χ4v) is 2.52. The van der Waals surface area contributed by atoms with E-state index in [1.165, 1.54) is 11.6 Å². The van der Waals surface area contributed by atoms with E-state index < -0.39 is 0 Å². The van der Waals surface area contributed by atoms with E-state index in [0.29, 0.717) is 31.2 Å². The largest absolute Gasteiger partial charge is 0.497 e. The SMILES string of the molecule is COc1ccc(CCNC(N)=NCc2ccc(CN(C)C)c(F)c2)cc1.I. The van der Waals surface area contributed by atoms with Crippen LogP contribution in [-0.4, -0.2) is 38.6 Å². The second kappa shape index (κ2) is 11.8. The van der Waals surface area contributed by atoms with Gasteiger partial charge in [0.05, 0.1) is 13.7 Å². The average Bonchev–Trinajstić information content (AvgIpc) is 2.62. The van der Waals surface area contributed by atoms with Gasteiger partial charge in [-0.1, -0.05) is 24.3 Å². The zero-order valence-electron chi connectivity index (χ0n) is 16.0. The van der Waals surface area contributed by atoms with Gasteiger partial charge in [-0.25, -0.2) is 9.38 Å². The van der Waals surface area contributed by atoms with Crippen LogP contribution in [0.25, 0.3) is 0 Å². The lowest BCUT2D eigenvalue weighted by Crippen LogP contribution is -2.33. The van der Waals surface area contributed by atoms with E-state index in [-0.39, 0.29) is 29.8 Å². The smallest absolute Gasteiger partial charge is 0.188 e. The van der Waals surface area contributed by atoms with Gasteiger partial charge >= 0.3 is 0 Å². The molecule has 2 rings (SSSR count). The predicted octanol–water partition coefficient (Wildman–Crippen LogP) is 3.16. The second-order valence-corrected chi connectivity index (χ2v) is 6.39. The number of hydrogen-bond acceptors (Lipinski definition) is 3. The Morgan fingerprint density at radius 3 is 2.41 bits per heavy atom. The molecule has 0 fully saturated rings. The van der Waals surface area contributed by atoms with Crippen LogP contribution in [0.5, 0.6) is 5.75 Å². The van der Waals surface area contributed by atoms with Gasteiger partial charge in [0.25, 0.3) is 0 Å². The lowest BCUT2D eigenvalue weighted by atomic mass is 10.1. The molecule has 0 bridgehead atoms. The molecule has 0 saturated heterocycles. The number of benzene rings is 2. The predicted molar refractivity (Wildman–Crippen MR) is 119 cm³/mol. The van der Waals surface area contributed by atoms with Crippen LogP contribution in [0.3, 0.4) is 0 Å². The summed E-state index contributed by atoms with van der Waals surface area (Å²) in [7, 11) is 5.47. The van der Waals surface area contributed by atoms with Crippen molar-refractivity contribution in [3.8, 4) is 5.75 Å². The standard InChI is InChI=1S/C20H27FN4O.HI/c1-25(2)14-17-7-4-16(12-19(17)21)13-24-20(22)23-11-10-15-5-8-18(26-3)9-6-15;/h4-9,12H,10-11,13-14H2,1-3H3,(H3,22,23,24);1H. The molecule has 0 radical (unpaired) electrons. The number of aliphatic imine (C=N–C) groups is 1. The summed E-state index contributed by atoms with van der Waals surface area (Å²) in [5, 5.41) is 3.08. The quantitative estimate of drug-likeness (QED) is 0.342. The molecule has 0 aliphatic carbocycles. The van der Waals surface area contributed by atoms with Crippen molar-refractivity contribution < 1.29 is 9.13 Å². The summed E-state index contributed by atoms with van der Waals surface area (Å²) < 4.78 is 19.2. The topological polar surface area (TPSA) is 62.9 Å². The normalized spacial score (nSPS) is 11.2. The molecule has 0 aromatic heterocycles. The Morgan fingerprint density at radius 2 is 1.81 bits per heavy atom. The lowest BCUT2D eigenvalue weighted by molar-refractivity contribution is 0.392. The van der Waals surface area contributed by atoms with Crippen molar-refractivity contribution in [3.05, 3.63) is 65.0 Å². The number of methoxy groups -OCH3 is 1. The Balaban J connectivity index is 0.00000364. The minimum atomic E-state index is -0.211. The minimum Gasteiger partial charge on any atom is -0.497 e. The molecule has 0 amide bonds. The van der Waals surface area contributed by atoms with Gasteiger partial charge in [0.1, 0.15) is 11.6 Å². The van der Waals surface area contributed by atoms with Crippen molar-refractivity contribution in [3.63, 3.8) is 0 Å². The molecule has 7 heteroatoms. The first-order valence-corrected chi connectivity index (χ1v) is 8.56. The van der Waals surface area contributed by atoms with Gasteiger partial charge in [-0.05, 0) is 49.8 Å². The zero-order valence-corrected chi connectivity index (χ0v) is 18.4. The fraction of sp³-hybridized carbons (Fsp3) is 0.350. The molecule has 3 N–H and O–H groups in total. The molecule has 2 aromatic rings. The van der Waals surface area contributed by atoms with Crippen LogP contribution < -0.4 is 15.8 Å². The average molecular weight is 486 g/mol. The Bertz CT molecular complexity index is 735. The zero-order chi connectivity index (χ0) is 18.9. The van der Waals surface area contributed by atoms with E-state index in [9.17, 15) is 4.39 Å². The number of halogens is 2. The van der Waals surface area contributed by atoms with E-state index in [1.54, 1.807) is 13.2 Å². The van der Waals surface area contributed by atoms with Crippen molar-refractivity contribution in [2.45, 2.75) is 19.5 Å². The molecule has 0 saturated carbocycles. The van der Waals surface area contributed by atoms with Crippen molar-refractivity contribution >= 4 is 29.9 Å². The molecule has 2 aromatic carbocycles. The Kier molecular flexibility index (Phi) is 10.1. The third-order valence-electron chi connectivity index (χ3n) is 3.91. The summed E-state index contributed by atoms with van der Waals surface area (Å²) in [5.41, 5.74) is 8.54. The molecule has 0 aliphatic heterocycles. The van der Waals surface area contributed by atoms with Crippen LogP contribution in [0.15, 0.2) is 47.5 Å². The first-order valence-electron chi connectivity index (χ1n) is 8.56. The first-order chi connectivity index (χ1) is 12.5. The Labute approximate surface area is 177 Å². The summed E-state index contributed by atoms with van der Waals surface area (Å²) in [6, 6.07) is 13.1. The number of nitrogens with two attached hydrogens (primary N) is 1. The van der Waals surface area contributed by atoms with Gasteiger partial charge in [0.15, 0.2) is 5.96 Å². The van der Waals surface area contributed by atoms with Gasteiger partial charge in [0.2, 0.25) is 0 Å². The van der Waals surface area contributed by atoms with Crippen molar-refractivity contribution in [1.29, 1.82) is 0 Å². The maximum absolute atomic E-state index is 14.0. The highest BCUT2D eigenvalue weighted by molar-refractivity contribution is 14.0. The third-order valence-corrected chi connectivity index (χ3v) is 3.91. The molecule has 0 spiro atoms. The molecule has 0 aliphatic rings. The molecule has 5 nitrogen and oxygen atoms in total. The van der Waals surface area contributed by atoms with Crippen molar-refractivity contribution in [1.82, 2.24) is 10.2 Å². The molecular formula is C20H28FIN4O. The number of rotatable bonds is 8. The van der Waals surface area contributed by atoms with Gasteiger partial charge in [0, 0.05) is 18.7 Å². The minimum absolute atomic E-state index is 0. The highest BCUT2D eigenvalue weighted by atomic mass is 127. The number of nitrogens with one attached hydrogen (secondary N) is 1. The fourth-order valence-electron chi connectivity index (χ4n) is 2.52. The van der Waals surface area contributed by atoms with Crippen molar-refractivity contribution in [2.75, 3.05) is 27.7 Å². The summed E-state index contributed by atoms with van der Waals surface area (Å²) in [6.45, 7) is 1.60. The molecule has 27 heavy (non-hydrogen) atoms. The highest BCUT2D eigenvalue weighted by Crippen LogP contribution is 2.13. The van der Waals surface area contributed by atoms with Gasteiger partial charge in [-0.2, -0.15) is 0 Å². The molecule has 0 unspecified atom stereocenters. The number of nitrogens with zero attached hydrogens (tertiary/aromatic N) is 2. The van der Waals surface area contributed by atoms with E-state index in [0.717, 1.165) is 17.7 Å². The van der Waals surface area contributed by atoms with Crippen LogP contribution in [0.4, 0.5) is 4.39 Å². The molecule has 0 heterocycles. The molecular weight excluding hydrogens is 458 g/mol. The van der Waals surface area contributed by atoms with E-state index in [4.69, 9.17) is 10.5 Å². The van der Waals surface area contributed by atoms with Crippen molar-refractivity contribution in [2.24, 2.45) is 10.7 Å². The maximum atomic E-state index is 14.0. The van der Waals surface area contributed by atoms with E-state index >= 15 is 0 Å². The summed E-state index contributed by atoms with van der Waals surface area (Å²) in [5.74, 6) is 0.986. The van der Waals surface area contributed by atoms with Crippen LogP contribution in [-0.2, 0) is 19.5 Å². The van der Waals surface area contributed by atoms with Crippen LogP contribution >= 0.6 is 24.0 Å². The molecule has 148 valence electrons. The van der Waals surface area contributed by atoms with Gasteiger partial charge in [-0.3, -0.25) is 0 Å². The second-order valence-electron chi connectivity index (χ2n) is 6.39.